The van der Waals surface area contributed by atoms with E-state index in [-0.39, 0.29) is 12.1 Å². The summed E-state index contributed by atoms with van der Waals surface area (Å²) in [5.74, 6) is 0.800. The maximum Gasteiger partial charge on any atom is 0.222 e. The number of nitrogens with zero attached hydrogens (tertiary/aromatic N) is 3. The molecule has 0 radical (unpaired) electrons. The Morgan fingerprint density at radius 1 is 1.08 bits per heavy atom. The van der Waals surface area contributed by atoms with Gasteiger partial charge >= 0.3 is 0 Å². The van der Waals surface area contributed by atoms with Crippen LogP contribution in [0.4, 0.5) is 5.95 Å². The average Bonchev–Trinajstić information content (AvgIpc) is 3.05. The molecule has 2 atom stereocenters. The Morgan fingerprint density at radius 3 is 2.75 bits per heavy atom. The predicted octanol–water partition coefficient (Wildman–Crippen LogP) is 4.69. The molecule has 24 heavy (non-hydrogen) atoms. The molecular weight excluding hydrogens is 320 g/mol. The highest BCUT2D eigenvalue weighted by Gasteiger charge is 2.30. The molecule has 4 rings (SSSR count). The van der Waals surface area contributed by atoms with E-state index in [1.165, 1.54) is 16.7 Å². The van der Waals surface area contributed by atoms with Crippen molar-refractivity contribution >= 4 is 17.5 Å². The molecule has 0 unspecified atom stereocenters. The van der Waals surface area contributed by atoms with Gasteiger partial charge in [0, 0.05) is 5.02 Å². The first kappa shape index (κ1) is 15.2. The minimum atomic E-state index is 0.119. The SMILES string of the molecule is Cc1ccc([C@H]2C[C@H](c3cccc(Cl)c3)n3ncnc3N2)cc1C. The number of nitrogens with one attached hydrogen (secondary N) is 1. The van der Waals surface area contributed by atoms with Crippen molar-refractivity contribution in [2.45, 2.75) is 32.4 Å². The lowest BCUT2D eigenvalue weighted by molar-refractivity contribution is 0.431. The Bertz CT molecular complexity index is 887. The Hall–Kier alpha value is -2.33. The number of hydrogen-bond acceptors (Lipinski definition) is 3. The van der Waals surface area contributed by atoms with E-state index in [1.807, 2.05) is 22.9 Å². The van der Waals surface area contributed by atoms with Gasteiger partial charge < -0.3 is 5.32 Å². The second kappa shape index (κ2) is 5.95. The fraction of sp³-hybridized carbons (Fsp3) is 0.263. The second-order valence-corrected chi connectivity index (χ2v) is 6.81. The molecule has 1 aliphatic heterocycles. The lowest BCUT2D eigenvalue weighted by Gasteiger charge is -2.32. The molecule has 1 N–H and O–H groups in total. The molecule has 5 heteroatoms. The van der Waals surface area contributed by atoms with Crippen LogP contribution in [-0.4, -0.2) is 14.8 Å². The molecule has 0 amide bonds. The van der Waals surface area contributed by atoms with E-state index in [4.69, 9.17) is 11.6 Å². The minimum absolute atomic E-state index is 0.119. The summed E-state index contributed by atoms with van der Waals surface area (Å²) in [5.41, 5.74) is 5.05. The number of hydrogen-bond donors (Lipinski definition) is 1. The first-order valence-corrected chi connectivity index (χ1v) is 8.48. The number of anilines is 1. The molecule has 0 fully saturated rings. The van der Waals surface area contributed by atoms with E-state index in [0.717, 1.165) is 23.0 Å². The van der Waals surface area contributed by atoms with Gasteiger partial charge in [-0.25, -0.2) is 4.68 Å². The number of halogens is 1. The van der Waals surface area contributed by atoms with Crippen molar-refractivity contribution in [1.29, 1.82) is 0 Å². The minimum Gasteiger partial charge on any atom is -0.348 e. The maximum absolute atomic E-state index is 6.20. The highest BCUT2D eigenvalue weighted by molar-refractivity contribution is 6.30. The van der Waals surface area contributed by atoms with Gasteiger partial charge in [0.15, 0.2) is 0 Å². The molecule has 0 saturated carbocycles. The largest absolute Gasteiger partial charge is 0.348 e. The Morgan fingerprint density at radius 2 is 1.96 bits per heavy atom. The van der Waals surface area contributed by atoms with Crippen LogP contribution >= 0.6 is 11.6 Å². The molecule has 2 aromatic carbocycles. The summed E-state index contributed by atoms with van der Waals surface area (Å²) in [5, 5.41) is 8.66. The third-order valence-corrected chi connectivity index (χ3v) is 5.03. The summed E-state index contributed by atoms with van der Waals surface area (Å²) < 4.78 is 1.95. The van der Waals surface area contributed by atoms with E-state index < -0.39 is 0 Å². The van der Waals surface area contributed by atoms with Crippen molar-refractivity contribution in [2.24, 2.45) is 0 Å². The fourth-order valence-electron chi connectivity index (χ4n) is 3.31. The zero-order valence-corrected chi connectivity index (χ0v) is 14.5. The van der Waals surface area contributed by atoms with Gasteiger partial charge in [-0.3, -0.25) is 0 Å². The van der Waals surface area contributed by atoms with Crippen LogP contribution in [0.25, 0.3) is 0 Å². The highest BCUT2D eigenvalue weighted by atomic mass is 35.5. The normalized spacial score (nSPS) is 19.6. The summed E-state index contributed by atoms with van der Waals surface area (Å²) in [6.45, 7) is 4.29. The maximum atomic E-state index is 6.20. The van der Waals surface area contributed by atoms with Gasteiger partial charge in [-0.1, -0.05) is 41.9 Å². The van der Waals surface area contributed by atoms with Crippen molar-refractivity contribution in [3.63, 3.8) is 0 Å². The van der Waals surface area contributed by atoms with Crippen LogP contribution < -0.4 is 5.32 Å². The summed E-state index contributed by atoms with van der Waals surface area (Å²) >= 11 is 6.20. The topological polar surface area (TPSA) is 42.7 Å². The van der Waals surface area contributed by atoms with Crippen LogP contribution in [0.3, 0.4) is 0 Å². The van der Waals surface area contributed by atoms with Gasteiger partial charge in [0.2, 0.25) is 5.95 Å². The van der Waals surface area contributed by atoms with E-state index in [9.17, 15) is 0 Å². The van der Waals surface area contributed by atoms with E-state index >= 15 is 0 Å². The molecule has 0 aliphatic carbocycles. The van der Waals surface area contributed by atoms with Crippen molar-refractivity contribution in [3.05, 3.63) is 76.1 Å². The molecule has 0 saturated heterocycles. The Kier molecular flexibility index (Phi) is 3.77. The lowest BCUT2D eigenvalue weighted by atomic mass is 9.92. The smallest absolute Gasteiger partial charge is 0.222 e. The molecule has 1 aliphatic rings. The molecule has 122 valence electrons. The summed E-state index contributed by atoms with van der Waals surface area (Å²) in [6, 6.07) is 15.0. The molecule has 4 nitrogen and oxygen atoms in total. The fourth-order valence-corrected chi connectivity index (χ4v) is 3.51. The third kappa shape index (κ3) is 2.67. The molecular formula is C19H19ClN4. The first-order valence-electron chi connectivity index (χ1n) is 8.10. The number of rotatable bonds is 2. The zero-order chi connectivity index (χ0) is 16.7. The van der Waals surface area contributed by atoms with Gasteiger partial charge in [-0.05, 0) is 54.7 Å². The summed E-state index contributed by atoms with van der Waals surface area (Å²) in [6.07, 6.45) is 2.50. The van der Waals surface area contributed by atoms with Gasteiger partial charge in [0.25, 0.3) is 0 Å². The lowest BCUT2D eigenvalue weighted by Crippen LogP contribution is -2.28. The second-order valence-electron chi connectivity index (χ2n) is 6.38. The van der Waals surface area contributed by atoms with Crippen LogP contribution in [0.1, 0.15) is 40.8 Å². The number of aryl methyl sites for hydroxylation is 2. The standard InChI is InChI=1S/C19H19ClN4/c1-12-6-7-14(8-13(12)2)17-10-18(15-4-3-5-16(20)9-15)24-19(23-17)21-11-22-24/h3-9,11,17-18H,10H2,1-2H3,(H,21,22,23)/t17-,18-/m1/s1. The first-order chi connectivity index (χ1) is 11.6. The quantitative estimate of drug-likeness (QED) is 0.736. The highest BCUT2D eigenvalue weighted by Crippen LogP contribution is 2.38. The van der Waals surface area contributed by atoms with E-state index in [2.05, 4.69) is 53.5 Å². The molecule has 2 heterocycles. The summed E-state index contributed by atoms with van der Waals surface area (Å²) in [4.78, 5) is 4.38. The van der Waals surface area contributed by atoms with Gasteiger partial charge in [0.05, 0.1) is 12.1 Å². The van der Waals surface area contributed by atoms with Crippen LogP contribution in [-0.2, 0) is 0 Å². The number of benzene rings is 2. The monoisotopic (exact) mass is 338 g/mol. The van der Waals surface area contributed by atoms with Gasteiger partial charge in [0.1, 0.15) is 6.33 Å². The molecule has 0 bridgehead atoms. The number of fused-ring (bicyclic) bond motifs is 1. The van der Waals surface area contributed by atoms with E-state index in [0.29, 0.717) is 0 Å². The molecule has 1 aromatic heterocycles. The summed E-state index contributed by atoms with van der Waals surface area (Å²) in [7, 11) is 0. The average molecular weight is 339 g/mol. The predicted molar refractivity (Wildman–Crippen MR) is 96.5 cm³/mol. The number of aromatic nitrogens is 3. The van der Waals surface area contributed by atoms with Crippen LogP contribution in [0.2, 0.25) is 5.02 Å². The van der Waals surface area contributed by atoms with Crippen molar-refractivity contribution in [2.75, 3.05) is 5.32 Å². The van der Waals surface area contributed by atoms with Crippen molar-refractivity contribution in [3.8, 4) is 0 Å². The molecule has 0 spiro atoms. The Balaban J connectivity index is 1.74. The zero-order valence-electron chi connectivity index (χ0n) is 13.7. The van der Waals surface area contributed by atoms with Gasteiger partial charge in [-0.15, -0.1) is 0 Å². The van der Waals surface area contributed by atoms with Crippen LogP contribution in [0.15, 0.2) is 48.8 Å². The third-order valence-electron chi connectivity index (χ3n) is 4.80. The van der Waals surface area contributed by atoms with Crippen molar-refractivity contribution < 1.29 is 0 Å². The van der Waals surface area contributed by atoms with Crippen LogP contribution in [0, 0.1) is 13.8 Å². The van der Waals surface area contributed by atoms with E-state index in [1.54, 1.807) is 6.33 Å². The Labute approximate surface area is 146 Å². The van der Waals surface area contributed by atoms with Gasteiger partial charge in [-0.2, -0.15) is 10.1 Å². The van der Waals surface area contributed by atoms with Crippen LogP contribution in [0.5, 0.6) is 0 Å². The van der Waals surface area contributed by atoms with Crippen molar-refractivity contribution in [1.82, 2.24) is 14.8 Å². The molecule has 3 aromatic rings.